The Hall–Kier alpha value is -5.70. The van der Waals surface area contributed by atoms with Crippen molar-refractivity contribution in [3.8, 4) is 44.5 Å². The number of hydrogen-bond acceptors (Lipinski definition) is 6. The van der Waals surface area contributed by atoms with Crippen LogP contribution in [0.5, 0.6) is 0 Å². The number of rotatable bonds is 4. The molecular formula is C40H26Cl2MnN8. The van der Waals surface area contributed by atoms with Crippen LogP contribution in [-0.2, 0) is 17.1 Å². The molecule has 51 heavy (non-hydrogen) atoms. The van der Waals surface area contributed by atoms with Gasteiger partial charge in [0.25, 0.3) is 0 Å². The topological polar surface area (TPSA) is 109 Å². The minimum atomic E-state index is 0. The van der Waals surface area contributed by atoms with Crippen LogP contribution >= 0.6 is 0 Å². The molecular weight excluding hydrogens is 718 g/mol. The normalized spacial score (nSPS) is 11.3. The zero-order chi connectivity index (χ0) is 31.9. The molecule has 7 aromatic heterocycles. The quantitative estimate of drug-likeness (QED) is 0.269. The number of hydrogen-bond donors (Lipinski definition) is 2. The summed E-state index contributed by atoms with van der Waals surface area (Å²) >= 11 is 0. The second-order valence-electron chi connectivity index (χ2n) is 11.4. The molecule has 0 unspecified atom stereocenters. The molecule has 2 aliphatic rings. The number of halogens is 2. The van der Waals surface area contributed by atoms with E-state index in [0.29, 0.717) is 0 Å². The predicted molar refractivity (Wildman–Crippen MR) is 192 cm³/mol. The summed E-state index contributed by atoms with van der Waals surface area (Å²) in [6.07, 6.45) is 22.8. The van der Waals surface area contributed by atoms with Gasteiger partial charge in [0.2, 0.25) is 0 Å². The van der Waals surface area contributed by atoms with E-state index in [1.54, 1.807) is 0 Å². The van der Waals surface area contributed by atoms with Crippen LogP contribution in [0.15, 0.2) is 122 Å². The van der Waals surface area contributed by atoms with Crippen LogP contribution in [0.2, 0.25) is 0 Å². The van der Waals surface area contributed by atoms with Crippen molar-refractivity contribution >= 4 is 46.4 Å². The minimum absolute atomic E-state index is 0. The molecule has 1 radical (unpaired) electrons. The van der Waals surface area contributed by atoms with Crippen molar-refractivity contribution < 1.29 is 41.9 Å². The summed E-state index contributed by atoms with van der Waals surface area (Å²) in [7, 11) is 0. The van der Waals surface area contributed by atoms with Crippen molar-refractivity contribution in [2.24, 2.45) is 0 Å². The molecule has 0 spiro atoms. The van der Waals surface area contributed by atoms with E-state index in [0.717, 1.165) is 89.4 Å². The molecule has 0 saturated carbocycles. The van der Waals surface area contributed by atoms with Gasteiger partial charge in [0.05, 0.1) is 22.8 Å². The number of nitrogens with zero attached hydrogens (tertiary/aromatic N) is 6. The molecule has 0 atom stereocenters. The molecule has 0 amide bonds. The average Bonchev–Trinajstić information content (AvgIpc) is 3.98. The van der Waals surface area contributed by atoms with E-state index in [1.807, 2.05) is 98.1 Å². The fourth-order valence-corrected chi connectivity index (χ4v) is 6.49. The van der Waals surface area contributed by atoms with Gasteiger partial charge in [-0.3, -0.25) is 19.9 Å². The fourth-order valence-electron chi connectivity index (χ4n) is 6.49. The number of aromatic nitrogens is 8. The Morgan fingerprint density at radius 1 is 0.314 bits per heavy atom. The Kier molecular flexibility index (Phi) is 10.4. The molecule has 2 aliphatic heterocycles. The van der Waals surface area contributed by atoms with E-state index in [4.69, 9.17) is 9.97 Å². The SMILES string of the molecule is C1=Cc2nc1c(-c1ccncc1)c1ccc([nH]1)c(-c1ccncc1)c1nc(c(-c3ccncc3)c3ccc([nH]3)c2-c2ccncc2)C=C1.[Cl-].[Cl-].[Mn+2]. The number of pyridine rings is 4. The van der Waals surface area contributed by atoms with Crippen molar-refractivity contribution in [2.45, 2.75) is 0 Å². The van der Waals surface area contributed by atoms with E-state index in [2.05, 4.69) is 78.5 Å². The molecule has 9 heterocycles. The van der Waals surface area contributed by atoms with Gasteiger partial charge < -0.3 is 34.8 Å². The first-order valence-corrected chi connectivity index (χ1v) is 15.6. The van der Waals surface area contributed by atoms with Gasteiger partial charge in [0.15, 0.2) is 0 Å². The Balaban J connectivity index is 0.00000149. The van der Waals surface area contributed by atoms with Gasteiger partial charge in [0, 0.05) is 93.9 Å². The standard InChI is InChI=1S/C40H26N8.2ClH.Mn/c1-2-30-38(26-11-19-42-20-12-26)32-5-6-34(47-32)40(28-15-23-44-24-16-28)36-8-7-35(48-36)39(27-13-21-43-22-14-27)33-4-3-31(46-33)37(29(1)45-30)25-9-17-41-18-10-25;;;/h1-24,45,48H;2*1H;/q;;;+2/p-2. The molecule has 0 aliphatic carbocycles. The molecule has 0 aromatic carbocycles. The average molecular weight is 745 g/mol. The second kappa shape index (κ2) is 15.0. The Labute approximate surface area is 316 Å². The fraction of sp³-hybridized carbons (Fsp3) is 0. The largest absolute Gasteiger partial charge is 2.00 e. The van der Waals surface area contributed by atoms with Crippen LogP contribution in [0.1, 0.15) is 22.8 Å². The van der Waals surface area contributed by atoms with Gasteiger partial charge in [-0.05, 0) is 119 Å². The molecule has 8 nitrogen and oxygen atoms in total. The molecule has 2 N–H and O–H groups in total. The molecule has 7 aromatic rings. The maximum atomic E-state index is 5.29. The van der Waals surface area contributed by atoms with E-state index < -0.39 is 0 Å². The van der Waals surface area contributed by atoms with Crippen molar-refractivity contribution in [3.63, 3.8) is 0 Å². The Morgan fingerprint density at radius 2 is 0.529 bits per heavy atom. The smallest absolute Gasteiger partial charge is 1.00 e. The first-order chi connectivity index (χ1) is 23.8. The van der Waals surface area contributed by atoms with Crippen molar-refractivity contribution in [1.82, 2.24) is 39.9 Å². The maximum absolute atomic E-state index is 5.29. The second-order valence-corrected chi connectivity index (χ2v) is 11.4. The summed E-state index contributed by atoms with van der Waals surface area (Å²) in [5.41, 5.74) is 15.0. The van der Waals surface area contributed by atoms with Gasteiger partial charge in [-0.15, -0.1) is 0 Å². The third-order valence-electron chi connectivity index (χ3n) is 8.63. The van der Waals surface area contributed by atoms with Crippen molar-refractivity contribution in [3.05, 3.63) is 145 Å². The summed E-state index contributed by atoms with van der Waals surface area (Å²) in [6.45, 7) is 0. The van der Waals surface area contributed by atoms with Crippen LogP contribution in [0.25, 0.3) is 90.9 Å². The van der Waals surface area contributed by atoms with Gasteiger partial charge in [0.1, 0.15) is 0 Å². The van der Waals surface area contributed by atoms with Crippen molar-refractivity contribution in [2.75, 3.05) is 0 Å². The summed E-state index contributed by atoms with van der Waals surface area (Å²) in [6, 6.07) is 24.6. The third-order valence-corrected chi connectivity index (χ3v) is 8.63. The van der Waals surface area contributed by atoms with E-state index in [9.17, 15) is 0 Å². The van der Waals surface area contributed by atoms with Gasteiger partial charge in [-0.2, -0.15) is 0 Å². The third kappa shape index (κ3) is 6.52. The van der Waals surface area contributed by atoms with Gasteiger partial charge in [-0.1, -0.05) is 0 Å². The molecule has 8 bridgehead atoms. The van der Waals surface area contributed by atoms with Crippen LogP contribution in [0, 0.1) is 0 Å². The molecule has 11 heteroatoms. The number of fused-ring (bicyclic) bond motifs is 8. The first kappa shape index (κ1) is 35.1. The van der Waals surface area contributed by atoms with Crippen LogP contribution < -0.4 is 24.8 Å². The number of aromatic amines is 2. The molecule has 0 fully saturated rings. The molecule has 9 rings (SSSR count). The summed E-state index contributed by atoms with van der Waals surface area (Å²) in [4.78, 5) is 35.2. The number of nitrogens with one attached hydrogen (secondary N) is 2. The van der Waals surface area contributed by atoms with Crippen LogP contribution in [-0.4, -0.2) is 39.9 Å². The monoisotopic (exact) mass is 743 g/mol. The van der Waals surface area contributed by atoms with E-state index in [-0.39, 0.29) is 41.9 Å². The molecule has 0 saturated heterocycles. The maximum Gasteiger partial charge on any atom is 2.00 e. The Morgan fingerprint density at radius 3 is 0.745 bits per heavy atom. The molecule has 247 valence electrons. The zero-order valence-corrected chi connectivity index (χ0v) is 29.4. The number of H-pyrrole nitrogens is 2. The zero-order valence-electron chi connectivity index (χ0n) is 26.7. The predicted octanol–water partition coefficient (Wildman–Crippen LogP) is 2.91. The minimum Gasteiger partial charge on any atom is -1.00 e. The summed E-state index contributed by atoms with van der Waals surface area (Å²) < 4.78 is 0. The Bertz CT molecular complexity index is 2200. The van der Waals surface area contributed by atoms with Gasteiger partial charge in [-0.25, -0.2) is 9.97 Å². The van der Waals surface area contributed by atoms with Crippen LogP contribution in [0.4, 0.5) is 0 Å². The first-order valence-electron chi connectivity index (χ1n) is 15.6. The summed E-state index contributed by atoms with van der Waals surface area (Å²) in [5, 5.41) is 0. The summed E-state index contributed by atoms with van der Waals surface area (Å²) in [5.74, 6) is 0. The van der Waals surface area contributed by atoms with Gasteiger partial charge >= 0.3 is 17.1 Å². The van der Waals surface area contributed by atoms with E-state index >= 15 is 0 Å². The van der Waals surface area contributed by atoms with Crippen LogP contribution in [0.3, 0.4) is 0 Å². The van der Waals surface area contributed by atoms with E-state index in [1.165, 1.54) is 0 Å². The van der Waals surface area contributed by atoms with Crippen molar-refractivity contribution in [1.29, 1.82) is 0 Å².